The van der Waals surface area contributed by atoms with Gasteiger partial charge in [0.05, 0.1) is 5.54 Å². The highest BCUT2D eigenvalue weighted by molar-refractivity contribution is 9.10. The summed E-state index contributed by atoms with van der Waals surface area (Å²) in [5.74, 6) is 1.77. The quantitative estimate of drug-likeness (QED) is 0.898. The van der Waals surface area contributed by atoms with E-state index in [1.807, 2.05) is 6.20 Å². The molecule has 1 aliphatic carbocycles. The third-order valence-electron chi connectivity index (χ3n) is 4.06. The fourth-order valence-electron chi connectivity index (χ4n) is 2.57. The first-order valence-electron chi connectivity index (χ1n) is 6.65. The molecule has 0 amide bonds. The number of anilines is 1. The van der Waals surface area contributed by atoms with Gasteiger partial charge in [0.2, 0.25) is 0 Å². The summed E-state index contributed by atoms with van der Waals surface area (Å²) in [6, 6.07) is 2.08. The van der Waals surface area contributed by atoms with E-state index in [1.165, 1.54) is 18.4 Å². The fourth-order valence-corrected chi connectivity index (χ4v) is 2.79. The minimum Gasteiger partial charge on any atom is -0.363 e. The summed E-state index contributed by atoms with van der Waals surface area (Å²) in [7, 11) is 0. The summed E-state index contributed by atoms with van der Waals surface area (Å²) < 4.78 is 1.05. The van der Waals surface area contributed by atoms with Crippen molar-refractivity contribution in [3.63, 3.8) is 0 Å². The third-order valence-corrected chi connectivity index (χ3v) is 4.89. The van der Waals surface area contributed by atoms with Gasteiger partial charge >= 0.3 is 0 Å². The second-order valence-corrected chi connectivity index (χ2v) is 6.47. The van der Waals surface area contributed by atoms with Crippen LogP contribution in [0, 0.1) is 12.8 Å². The number of aromatic nitrogens is 1. The summed E-state index contributed by atoms with van der Waals surface area (Å²) >= 11 is 3.48. The molecule has 0 unspecified atom stereocenters. The molecule has 1 fully saturated rings. The number of hydrogen-bond donors (Lipinski definition) is 2. The maximum Gasteiger partial charge on any atom is 0.126 e. The Bertz CT molecular complexity index is 412. The monoisotopic (exact) mass is 311 g/mol. The summed E-state index contributed by atoms with van der Waals surface area (Å²) in [6.07, 6.45) is 6.63. The summed E-state index contributed by atoms with van der Waals surface area (Å²) in [5.41, 5.74) is 7.24. The molecule has 100 valence electrons. The van der Waals surface area contributed by atoms with Crippen LogP contribution in [0.3, 0.4) is 0 Å². The Morgan fingerprint density at radius 1 is 1.50 bits per heavy atom. The summed E-state index contributed by atoms with van der Waals surface area (Å²) in [4.78, 5) is 4.43. The standard InChI is InChI=1S/C14H22BrN3/c1-10-3-5-14(9-16,6-4-10)18-13-7-11(2)12(15)8-17-13/h7-8,10H,3-6,9,16H2,1-2H3,(H,17,18). The van der Waals surface area contributed by atoms with Crippen molar-refractivity contribution < 1.29 is 0 Å². The van der Waals surface area contributed by atoms with Gasteiger partial charge in [-0.1, -0.05) is 6.92 Å². The van der Waals surface area contributed by atoms with Crippen LogP contribution in [0.15, 0.2) is 16.7 Å². The molecule has 0 atom stereocenters. The average molecular weight is 312 g/mol. The Morgan fingerprint density at radius 3 is 2.72 bits per heavy atom. The maximum atomic E-state index is 6.00. The zero-order chi connectivity index (χ0) is 13.2. The van der Waals surface area contributed by atoms with E-state index >= 15 is 0 Å². The lowest BCUT2D eigenvalue weighted by Crippen LogP contribution is -2.48. The zero-order valence-electron chi connectivity index (χ0n) is 11.2. The van der Waals surface area contributed by atoms with Crippen LogP contribution in [0.5, 0.6) is 0 Å². The number of aryl methyl sites for hydroxylation is 1. The number of rotatable bonds is 3. The maximum absolute atomic E-state index is 6.00. The molecule has 0 bridgehead atoms. The van der Waals surface area contributed by atoms with Crippen LogP contribution in [0.1, 0.15) is 38.2 Å². The molecule has 0 aromatic carbocycles. The van der Waals surface area contributed by atoms with Crippen molar-refractivity contribution in [3.8, 4) is 0 Å². The van der Waals surface area contributed by atoms with Crippen LogP contribution in [-0.2, 0) is 0 Å². The first-order valence-corrected chi connectivity index (χ1v) is 7.44. The van der Waals surface area contributed by atoms with E-state index in [4.69, 9.17) is 5.73 Å². The van der Waals surface area contributed by atoms with Crippen molar-refractivity contribution in [2.75, 3.05) is 11.9 Å². The van der Waals surface area contributed by atoms with E-state index in [9.17, 15) is 0 Å². The van der Waals surface area contributed by atoms with E-state index in [-0.39, 0.29) is 5.54 Å². The van der Waals surface area contributed by atoms with Gasteiger partial charge in [0.1, 0.15) is 5.82 Å². The highest BCUT2D eigenvalue weighted by Crippen LogP contribution is 2.34. The Kier molecular flexibility index (Phi) is 4.28. The molecule has 0 saturated heterocycles. The lowest BCUT2D eigenvalue weighted by molar-refractivity contribution is 0.271. The molecule has 0 radical (unpaired) electrons. The molecule has 1 aromatic heterocycles. The van der Waals surface area contributed by atoms with Gasteiger partial charge in [-0.3, -0.25) is 0 Å². The molecular weight excluding hydrogens is 290 g/mol. The topological polar surface area (TPSA) is 50.9 Å². The number of hydrogen-bond acceptors (Lipinski definition) is 3. The molecule has 4 heteroatoms. The zero-order valence-corrected chi connectivity index (χ0v) is 12.8. The van der Waals surface area contributed by atoms with Crippen molar-refractivity contribution >= 4 is 21.7 Å². The molecule has 1 aliphatic rings. The number of nitrogens with one attached hydrogen (secondary N) is 1. The Balaban J connectivity index is 2.12. The van der Waals surface area contributed by atoms with Gasteiger partial charge in [-0.15, -0.1) is 0 Å². The first kappa shape index (κ1) is 13.8. The van der Waals surface area contributed by atoms with Gasteiger partial charge in [0.25, 0.3) is 0 Å². The molecule has 1 heterocycles. The Labute approximate surface area is 118 Å². The SMILES string of the molecule is Cc1cc(NC2(CN)CCC(C)CC2)ncc1Br. The van der Waals surface area contributed by atoms with E-state index in [2.05, 4.69) is 46.1 Å². The van der Waals surface area contributed by atoms with E-state index < -0.39 is 0 Å². The molecule has 3 N–H and O–H groups in total. The van der Waals surface area contributed by atoms with Gasteiger partial charge in [-0.25, -0.2) is 4.98 Å². The van der Waals surface area contributed by atoms with Gasteiger partial charge < -0.3 is 11.1 Å². The number of pyridine rings is 1. The number of halogens is 1. The van der Waals surface area contributed by atoms with Crippen LogP contribution in [0.2, 0.25) is 0 Å². The van der Waals surface area contributed by atoms with Gasteiger partial charge in [0, 0.05) is 17.2 Å². The largest absolute Gasteiger partial charge is 0.363 e. The predicted octanol–water partition coefficient (Wildman–Crippen LogP) is 3.47. The molecule has 18 heavy (non-hydrogen) atoms. The van der Waals surface area contributed by atoms with Crippen molar-refractivity contribution in [1.29, 1.82) is 0 Å². The van der Waals surface area contributed by atoms with Crippen LogP contribution >= 0.6 is 15.9 Å². The normalized spacial score (nSPS) is 28.1. The molecule has 2 rings (SSSR count). The van der Waals surface area contributed by atoms with Gasteiger partial charge in [-0.2, -0.15) is 0 Å². The molecule has 0 spiro atoms. The minimum absolute atomic E-state index is 0.0414. The van der Waals surface area contributed by atoms with Crippen molar-refractivity contribution in [3.05, 3.63) is 22.3 Å². The highest BCUT2D eigenvalue weighted by Gasteiger charge is 2.33. The smallest absolute Gasteiger partial charge is 0.126 e. The molecule has 0 aliphatic heterocycles. The number of nitrogens with two attached hydrogens (primary N) is 1. The van der Waals surface area contributed by atoms with E-state index in [0.29, 0.717) is 6.54 Å². The fraction of sp³-hybridized carbons (Fsp3) is 0.643. The van der Waals surface area contributed by atoms with Crippen LogP contribution in [0.25, 0.3) is 0 Å². The molecular formula is C14H22BrN3. The van der Waals surface area contributed by atoms with Crippen LogP contribution in [-0.4, -0.2) is 17.1 Å². The van der Waals surface area contributed by atoms with Crippen molar-refractivity contribution in [2.24, 2.45) is 11.7 Å². The summed E-state index contributed by atoms with van der Waals surface area (Å²) in [5, 5.41) is 3.58. The summed E-state index contributed by atoms with van der Waals surface area (Å²) in [6.45, 7) is 5.08. The van der Waals surface area contributed by atoms with Crippen molar-refractivity contribution in [1.82, 2.24) is 4.98 Å². The minimum atomic E-state index is 0.0414. The Hall–Kier alpha value is -0.610. The molecule has 3 nitrogen and oxygen atoms in total. The first-order chi connectivity index (χ1) is 8.54. The molecule has 1 saturated carbocycles. The van der Waals surface area contributed by atoms with Gasteiger partial charge in [0.15, 0.2) is 0 Å². The highest BCUT2D eigenvalue weighted by atomic mass is 79.9. The van der Waals surface area contributed by atoms with E-state index in [1.54, 1.807) is 0 Å². The Morgan fingerprint density at radius 2 is 2.17 bits per heavy atom. The van der Waals surface area contributed by atoms with E-state index in [0.717, 1.165) is 29.1 Å². The van der Waals surface area contributed by atoms with Crippen molar-refractivity contribution in [2.45, 2.75) is 45.1 Å². The molecule has 1 aromatic rings. The van der Waals surface area contributed by atoms with Crippen LogP contribution < -0.4 is 11.1 Å². The average Bonchev–Trinajstić information content (AvgIpc) is 2.37. The van der Waals surface area contributed by atoms with Gasteiger partial charge in [-0.05, 0) is 66.1 Å². The van der Waals surface area contributed by atoms with Crippen LogP contribution in [0.4, 0.5) is 5.82 Å². The lowest BCUT2D eigenvalue weighted by atomic mass is 9.77. The predicted molar refractivity (Wildman–Crippen MR) is 79.7 cm³/mol. The second kappa shape index (κ2) is 5.57. The lowest BCUT2D eigenvalue weighted by Gasteiger charge is -2.39. The third kappa shape index (κ3) is 3.04. The second-order valence-electron chi connectivity index (χ2n) is 5.61. The number of nitrogens with zero attached hydrogens (tertiary/aromatic N) is 1.